The Morgan fingerprint density at radius 3 is 2.59 bits per heavy atom. The lowest BCUT2D eigenvalue weighted by Crippen LogP contribution is -2.42. The van der Waals surface area contributed by atoms with E-state index < -0.39 is 9.84 Å². The van der Waals surface area contributed by atoms with Crippen molar-refractivity contribution in [2.75, 3.05) is 6.26 Å². The SMILES string of the molecule is CS(=O)(=O)c1cccc(CNC2CCCC23CCCCC3)c1. The van der Waals surface area contributed by atoms with Gasteiger partial charge in [-0.05, 0) is 48.8 Å². The Labute approximate surface area is 134 Å². The monoisotopic (exact) mass is 321 g/mol. The Morgan fingerprint density at radius 1 is 1.14 bits per heavy atom. The predicted octanol–water partition coefficient (Wildman–Crippen LogP) is 3.68. The first-order chi connectivity index (χ1) is 10.5. The van der Waals surface area contributed by atoms with Crippen molar-refractivity contribution in [1.29, 1.82) is 0 Å². The zero-order chi connectivity index (χ0) is 15.6. The molecule has 0 aromatic heterocycles. The van der Waals surface area contributed by atoms with Crippen LogP contribution in [0.5, 0.6) is 0 Å². The van der Waals surface area contributed by atoms with Crippen LogP contribution in [0.15, 0.2) is 29.2 Å². The summed E-state index contributed by atoms with van der Waals surface area (Å²) in [4.78, 5) is 0.422. The molecule has 122 valence electrons. The first kappa shape index (κ1) is 16.0. The minimum Gasteiger partial charge on any atom is -0.309 e. The summed E-state index contributed by atoms with van der Waals surface area (Å²) in [7, 11) is -3.12. The molecule has 1 aromatic rings. The van der Waals surface area contributed by atoms with Gasteiger partial charge in [0.15, 0.2) is 9.84 Å². The van der Waals surface area contributed by atoms with Crippen molar-refractivity contribution in [2.45, 2.75) is 68.8 Å². The molecule has 1 atom stereocenters. The van der Waals surface area contributed by atoms with E-state index in [2.05, 4.69) is 5.32 Å². The van der Waals surface area contributed by atoms with Crippen molar-refractivity contribution in [3.63, 3.8) is 0 Å². The summed E-state index contributed by atoms with van der Waals surface area (Å²) in [5.74, 6) is 0. The van der Waals surface area contributed by atoms with E-state index in [1.54, 1.807) is 6.07 Å². The molecule has 0 heterocycles. The number of sulfone groups is 1. The van der Waals surface area contributed by atoms with Crippen molar-refractivity contribution in [3.8, 4) is 0 Å². The van der Waals surface area contributed by atoms with Crippen LogP contribution in [-0.4, -0.2) is 20.7 Å². The molecule has 22 heavy (non-hydrogen) atoms. The van der Waals surface area contributed by atoms with Crippen molar-refractivity contribution in [2.24, 2.45) is 5.41 Å². The molecule has 4 heteroatoms. The van der Waals surface area contributed by atoms with Gasteiger partial charge in [-0.25, -0.2) is 8.42 Å². The van der Waals surface area contributed by atoms with E-state index in [1.165, 1.54) is 57.6 Å². The molecule has 3 rings (SSSR count). The summed E-state index contributed by atoms with van der Waals surface area (Å²) >= 11 is 0. The lowest BCUT2D eigenvalue weighted by molar-refractivity contribution is 0.148. The second-order valence-corrected chi connectivity index (χ2v) is 9.18. The summed E-state index contributed by atoms with van der Waals surface area (Å²) < 4.78 is 23.3. The van der Waals surface area contributed by atoms with E-state index in [1.807, 2.05) is 18.2 Å². The number of hydrogen-bond donors (Lipinski definition) is 1. The number of rotatable bonds is 4. The summed E-state index contributed by atoms with van der Waals surface area (Å²) in [5.41, 5.74) is 1.59. The second kappa shape index (κ2) is 6.32. The molecule has 2 fully saturated rings. The zero-order valence-corrected chi connectivity index (χ0v) is 14.3. The third kappa shape index (κ3) is 3.38. The van der Waals surface area contributed by atoms with Gasteiger partial charge in [0.25, 0.3) is 0 Å². The van der Waals surface area contributed by atoms with Crippen LogP contribution in [0.25, 0.3) is 0 Å². The maximum atomic E-state index is 11.7. The summed E-state index contributed by atoms with van der Waals surface area (Å²) in [5, 5.41) is 3.74. The van der Waals surface area contributed by atoms with Gasteiger partial charge in [0, 0.05) is 18.8 Å². The van der Waals surface area contributed by atoms with Gasteiger partial charge < -0.3 is 5.32 Å². The number of benzene rings is 1. The summed E-state index contributed by atoms with van der Waals surface area (Å²) in [6.45, 7) is 0.774. The third-order valence-corrected chi connectivity index (χ3v) is 6.75. The molecule has 0 saturated heterocycles. The largest absolute Gasteiger partial charge is 0.309 e. The summed E-state index contributed by atoms with van der Waals surface area (Å²) in [6, 6.07) is 7.96. The van der Waals surface area contributed by atoms with Crippen LogP contribution in [0.2, 0.25) is 0 Å². The Balaban J connectivity index is 1.67. The Hall–Kier alpha value is -0.870. The van der Waals surface area contributed by atoms with E-state index in [0.717, 1.165) is 12.1 Å². The average Bonchev–Trinajstić information content (AvgIpc) is 2.87. The van der Waals surface area contributed by atoms with Crippen LogP contribution in [-0.2, 0) is 16.4 Å². The van der Waals surface area contributed by atoms with Gasteiger partial charge in [0.2, 0.25) is 0 Å². The fraction of sp³-hybridized carbons (Fsp3) is 0.667. The molecule has 1 unspecified atom stereocenters. The lowest BCUT2D eigenvalue weighted by Gasteiger charge is -2.39. The van der Waals surface area contributed by atoms with Crippen LogP contribution in [0.3, 0.4) is 0 Å². The van der Waals surface area contributed by atoms with E-state index >= 15 is 0 Å². The number of nitrogens with one attached hydrogen (secondary N) is 1. The van der Waals surface area contributed by atoms with Crippen LogP contribution in [0, 0.1) is 5.41 Å². The maximum Gasteiger partial charge on any atom is 0.175 e. The molecule has 3 nitrogen and oxygen atoms in total. The maximum absolute atomic E-state index is 11.7. The van der Waals surface area contributed by atoms with Crippen LogP contribution in [0.4, 0.5) is 0 Å². The smallest absolute Gasteiger partial charge is 0.175 e. The highest BCUT2D eigenvalue weighted by atomic mass is 32.2. The van der Waals surface area contributed by atoms with Gasteiger partial charge >= 0.3 is 0 Å². The van der Waals surface area contributed by atoms with Crippen molar-refractivity contribution in [1.82, 2.24) is 5.32 Å². The van der Waals surface area contributed by atoms with Gasteiger partial charge in [-0.1, -0.05) is 37.8 Å². The normalized spacial score (nSPS) is 24.7. The minimum absolute atomic E-state index is 0.422. The van der Waals surface area contributed by atoms with Gasteiger partial charge in [-0.15, -0.1) is 0 Å². The van der Waals surface area contributed by atoms with Gasteiger partial charge in [0.05, 0.1) is 4.90 Å². The average molecular weight is 321 g/mol. The van der Waals surface area contributed by atoms with Crippen LogP contribution in [0.1, 0.15) is 56.9 Å². The molecule has 0 aliphatic heterocycles. The molecule has 0 amide bonds. The fourth-order valence-corrected chi connectivity index (χ4v) is 5.13. The Kier molecular flexibility index (Phi) is 4.60. The molecule has 2 aliphatic rings. The molecule has 2 aliphatic carbocycles. The molecule has 1 N–H and O–H groups in total. The van der Waals surface area contributed by atoms with Gasteiger partial charge in [0.1, 0.15) is 0 Å². The Bertz CT molecular complexity index is 618. The highest BCUT2D eigenvalue weighted by Crippen LogP contribution is 2.49. The molecule has 1 aromatic carbocycles. The molecule has 0 bridgehead atoms. The van der Waals surface area contributed by atoms with Crippen molar-refractivity contribution >= 4 is 9.84 Å². The highest BCUT2D eigenvalue weighted by Gasteiger charge is 2.42. The standard InChI is InChI=1S/C18H27NO2S/c1-22(20,21)16-8-5-7-15(13-16)14-19-17-9-6-12-18(17)10-3-2-4-11-18/h5,7-8,13,17,19H,2-4,6,9-12,14H2,1H3. The lowest BCUT2D eigenvalue weighted by atomic mass is 9.70. The molecular weight excluding hydrogens is 294 g/mol. The summed E-state index contributed by atoms with van der Waals surface area (Å²) in [6.07, 6.45) is 12.1. The first-order valence-corrected chi connectivity index (χ1v) is 10.4. The van der Waals surface area contributed by atoms with E-state index in [0.29, 0.717) is 16.4 Å². The van der Waals surface area contributed by atoms with Crippen molar-refractivity contribution in [3.05, 3.63) is 29.8 Å². The first-order valence-electron chi connectivity index (χ1n) is 8.52. The van der Waals surface area contributed by atoms with Crippen LogP contribution >= 0.6 is 0 Å². The third-order valence-electron chi connectivity index (χ3n) is 5.64. The topological polar surface area (TPSA) is 46.2 Å². The predicted molar refractivity (Wildman–Crippen MR) is 89.5 cm³/mol. The molecule has 2 saturated carbocycles. The molecule has 1 spiro atoms. The van der Waals surface area contributed by atoms with Crippen molar-refractivity contribution < 1.29 is 8.42 Å². The van der Waals surface area contributed by atoms with Gasteiger partial charge in [-0.3, -0.25) is 0 Å². The minimum atomic E-state index is -3.12. The number of hydrogen-bond acceptors (Lipinski definition) is 3. The Morgan fingerprint density at radius 2 is 1.86 bits per heavy atom. The molecular formula is C18H27NO2S. The van der Waals surface area contributed by atoms with E-state index in [4.69, 9.17) is 0 Å². The zero-order valence-electron chi connectivity index (χ0n) is 13.5. The van der Waals surface area contributed by atoms with Crippen LogP contribution < -0.4 is 5.32 Å². The second-order valence-electron chi connectivity index (χ2n) is 7.17. The van der Waals surface area contributed by atoms with Gasteiger partial charge in [-0.2, -0.15) is 0 Å². The van der Waals surface area contributed by atoms with E-state index in [9.17, 15) is 8.42 Å². The molecule has 0 radical (unpaired) electrons. The van der Waals surface area contributed by atoms with E-state index in [-0.39, 0.29) is 0 Å². The highest BCUT2D eigenvalue weighted by molar-refractivity contribution is 7.90. The quantitative estimate of drug-likeness (QED) is 0.920. The fourth-order valence-electron chi connectivity index (χ4n) is 4.44.